The predicted molar refractivity (Wildman–Crippen MR) is 89.6 cm³/mol. The molecule has 0 aliphatic heterocycles. The molecule has 2 rings (SSSR count). The molecule has 0 amide bonds. The summed E-state index contributed by atoms with van der Waals surface area (Å²) in [5, 5.41) is 1.50. The summed E-state index contributed by atoms with van der Waals surface area (Å²) in [7, 11) is -1.66. The molecule has 4 heteroatoms. The highest BCUT2D eigenvalue weighted by atomic mass is 28.4. The van der Waals surface area contributed by atoms with Crippen LogP contribution in [0.5, 0.6) is 0 Å². The number of rotatable bonds is 4. The molecule has 0 fully saturated rings. The van der Waals surface area contributed by atoms with E-state index in [9.17, 15) is 0 Å². The Labute approximate surface area is 122 Å². The van der Waals surface area contributed by atoms with E-state index in [4.69, 9.17) is 10.2 Å². The number of benzene rings is 1. The van der Waals surface area contributed by atoms with Gasteiger partial charge in [-0.2, -0.15) is 0 Å². The molecule has 0 atom stereocenters. The van der Waals surface area contributed by atoms with E-state index in [1.54, 1.807) is 0 Å². The minimum Gasteiger partial charge on any atom is -0.416 e. The highest BCUT2D eigenvalue weighted by molar-refractivity contribution is 6.74. The zero-order valence-electron chi connectivity index (χ0n) is 13.2. The van der Waals surface area contributed by atoms with Crippen LogP contribution in [0.4, 0.5) is 5.69 Å². The lowest BCUT2D eigenvalue weighted by atomic mass is 10.1. The van der Waals surface area contributed by atoms with Gasteiger partial charge in [0.2, 0.25) is 0 Å². The van der Waals surface area contributed by atoms with E-state index < -0.39 is 8.32 Å². The van der Waals surface area contributed by atoms with Crippen molar-refractivity contribution in [1.82, 2.24) is 4.98 Å². The predicted octanol–water partition coefficient (Wildman–Crippen LogP) is 4.31. The van der Waals surface area contributed by atoms with E-state index in [0.717, 1.165) is 24.2 Å². The minimum absolute atomic E-state index is 0.256. The quantitative estimate of drug-likeness (QED) is 0.651. The van der Waals surface area contributed by atoms with Crippen LogP contribution in [0.1, 0.15) is 26.3 Å². The Morgan fingerprint density at radius 3 is 2.60 bits per heavy atom. The maximum Gasteiger partial charge on any atom is 0.191 e. The summed E-state index contributed by atoms with van der Waals surface area (Å²) >= 11 is 0. The van der Waals surface area contributed by atoms with Crippen molar-refractivity contribution in [2.24, 2.45) is 0 Å². The Bertz CT molecular complexity index is 596. The van der Waals surface area contributed by atoms with Crippen molar-refractivity contribution in [3.63, 3.8) is 0 Å². The molecule has 0 bridgehead atoms. The summed E-state index contributed by atoms with van der Waals surface area (Å²) in [6.07, 6.45) is 2.87. The van der Waals surface area contributed by atoms with Gasteiger partial charge in [-0.05, 0) is 48.3 Å². The maximum absolute atomic E-state index is 6.25. The Morgan fingerprint density at radius 2 is 1.95 bits per heavy atom. The Morgan fingerprint density at radius 1 is 1.25 bits per heavy atom. The van der Waals surface area contributed by atoms with Crippen LogP contribution in [0, 0.1) is 0 Å². The second kappa shape index (κ2) is 5.26. The lowest BCUT2D eigenvalue weighted by Gasteiger charge is -2.36. The zero-order chi connectivity index (χ0) is 15.0. The molecule has 0 aliphatic carbocycles. The number of hydrogen-bond acceptors (Lipinski definition) is 2. The lowest BCUT2D eigenvalue weighted by Crippen LogP contribution is -2.41. The molecule has 1 aromatic heterocycles. The third-order valence-electron chi connectivity index (χ3n) is 4.42. The van der Waals surface area contributed by atoms with Crippen molar-refractivity contribution in [3.8, 4) is 0 Å². The second-order valence-corrected chi connectivity index (χ2v) is 11.8. The summed E-state index contributed by atoms with van der Waals surface area (Å²) in [5.41, 5.74) is 9.13. The average molecular weight is 290 g/mol. The number of nitrogens with two attached hydrogens (primary N) is 1. The SMILES string of the molecule is CC(C)(C)[Si](C)(C)OCCc1cc(N)cc2[nH]ccc12. The van der Waals surface area contributed by atoms with Gasteiger partial charge in [-0.1, -0.05) is 20.8 Å². The van der Waals surface area contributed by atoms with Crippen LogP contribution < -0.4 is 5.73 Å². The topological polar surface area (TPSA) is 51.0 Å². The van der Waals surface area contributed by atoms with Gasteiger partial charge in [-0.15, -0.1) is 0 Å². The van der Waals surface area contributed by atoms with Crippen molar-refractivity contribution in [2.75, 3.05) is 12.3 Å². The molecule has 1 aromatic carbocycles. The summed E-state index contributed by atoms with van der Waals surface area (Å²) < 4.78 is 6.25. The molecule has 3 N–H and O–H groups in total. The number of anilines is 1. The van der Waals surface area contributed by atoms with Crippen LogP contribution in [0.2, 0.25) is 18.1 Å². The summed E-state index contributed by atoms with van der Waals surface area (Å²) in [6, 6.07) is 6.15. The van der Waals surface area contributed by atoms with Crippen molar-refractivity contribution in [1.29, 1.82) is 0 Å². The average Bonchev–Trinajstić information content (AvgIpc) is 2.74. The number of hydrogen-bond donors (Lipinski definition) is 2. The van der Waals surface area contributed by atoms with Gasteiger partial charge < -0.3 is 15.1 Å². The van der Waals surface area contributed by atoms with Gasteiger partial charge in [-0.25, -0.2) is 0 Å². The van der Waals surface area contributed by atoms with E-state index in [0.29, 0.717) is 0 Å². The van der Waals surface area contributed by atoms with Gasteiger partial charge in [0, 0.05) is 29.4 Å². The molecule has 0 aliphatic rings. The smallest absolute Gasteiger partial charge is 0.191 e. The normalized spacial score (nSPS) is 13.1. The first-order chi connectivity index (χ1) is 9.21. The Kier molecular flexibility index (Phi) is 3.98. The molecule has 0 saturated heterocycles. The minimum atomic E-state index is -1.66. The number of fused-ring (bicyclic) bond motifs is 1. The maximum atomic E-state index is 6.25. The highest BCUT2D eigenvalue weighted by Crippen LogP contribution is 2.36. The molecule has 3 nitrogen and oxygen atoms in total. The van der Waals surface area contributed by atoms with Gasteiger partial charge in [-0.3, -0.25) is 0 Å². The summed E-state index contributed by atoms with van der Waals surface area (Å²) in [5.74, 6) is 0. The van der Waals surface area contributed by atoms with Crippen LogP contribution in [-0.4, -0.2) is 19.9 Å². The third-order valence-corrected chi connectivity index (χ3v) is 8.96. The highest BCUT2D eigenvalue weighted by Gasteiger charge is 2.36. The fourth-order valence-electron chi connectivity index (χ4n) is 2.11. The molecule has 0 saturated carbocycles. The van der Waals surface area contributed by atoms with Gasteiger partial charge in [0.1, 0.15) is 0 Å². The van der Waals surface area contributed by atoms with Crippen LogP contribution in [0.15, 0.2) is 24.4 Å². The zero-order valence-corrected chi connectivity index (χ0v) is 14.2. The first-order valence-corrected chi connectivity index (χ1v) is 10.1. The van der Waals surface area contributed by atoms with Gasteiger partial charge in [0.05, 0.1) is 0 Å². The molecule has 0 radical (unpaired) electrons. The van der Waals surface area contributed by atoms with E-state index in [2.05, 4.69) is 51.0 Å². The van der Waals surface area contributed by atoms with Crippen LogP contribution in [0.25, 0.3) is 10.9 Å². The lowest BCUT2D eigenvalue weighted by molar-refractivity contribution is 0.292. The van der Waals surface area contributed by atoms with Gasteiger partial charge in [0.25, 0.3) is 0 Å². The molecule has 2 aromatic rings. The molecule has 0 unspecified atom stereocenters. The number of H-pyrrole nitrogens is 1. The second-order valence-electron chi connectivity index (χ2n) is 6.98. The Balaban J connectivity index is 2.09. The van der Waals surface area contributed by atoms with E-state index in [1.807, 2.05) is 12.3 Å². The molecular formula is C16H26N2OSi. The molecule has 1 heterocycles. The van der Waals surface area contributed by atoms with Gasteiger partial charge in [0.15, 0.2) is 8.32 Å². The van der Waals surface area contributed by atoms with E-state index in [1.165, 1.54) is 10.9 Å². The molecular weight excluding hydrogens is 264 g/mol. The van der Waals surface area contributed by atoms with Crippen molar-refractivity contribution in [2.45, 2.75) is 45.3 Å². The fourth-order valence-corrected chi connectivity index (χ4v) is 3.15. The third kappa shape index (κ3) is 3.07. The largest absolute Gasteiger partial charge is 0.416 e. The standard InChI is InChI=1S/C16H26N2OSi/c1-16(2,3)20(4,5)19-9-7-12-10-13(17)11-15-14(12)6-8-18-15/h6,8,10-11,18H,7,9,17H2,1-5H3. The van der Waals surface area contributed by atoms with Gasteiger partial charge >= 0.3 is 0 Å². The fraction of sp³-hybridized carbons (Fsp3) is 0.500. The van der Waals surface area contributed by atoms with E-state index >= 15 is 0 Å². The summed E-state index contributed by atoms with van der Waals surface area (Å²) in [4.78, 5) is 3.22. The molecule has 20 heavy (non-hydrogen) atoms. The van der Waals surface area contributed by atoms with E-state index in [-0.39, 0.29) is 5.04 Å². The van der Waals surface area contributed by atoms with Crippen LogP contribution >= 0.6 is 0 Å². The number of nitrogen functional groups attached to an aromatic ring is 1. The van der Waals surface area contributed by atoms with Crippen molar-refractivity contribution < 1.29 is 4.43 Å². The monoisotopic (exact) mass is 290 g/mol. The van der Waals surface area contributed by atoms with Crippen molar-refractivity contribution >= 4 is 24.9 Å². The first kappa shape index (κ1) is 15.1. The summed E-state index contributed by atoms with van der Waals surface area (Å²) in [6.45, 7) is 12.1. The number of nitrogens with one attached hydrogen (secondary N) is 1. The number of aromatic amines is 1. The van der Waals surface area contributed by atoms with Crippen LogP contribution in [-0.2, 0) is 10.8 Å². The Hall–Kier alpha value is -1.26. The first-order valence-electron chi connectivity index (χ1n) is 7.20. The van der Waals surface area contributed by atoms with Crippen molar-refractivity contribution in [3.05, 3.63) is 30.0 Å². The van der Waals surface area contributed by atoms with Crippen LogP contribution in [0.3, 0.4) is 0 Å². The number of aromatic nitrogens is 1. The molecule has 0 spiro atoms. The molecule has 110 valence electrons.